The van der Waals surface area contributed by atoms with E-state index < -0.39 is 0 Å². The lowest BCUT2D eigenvalue weighted by Crippen LogP contribution is -2.37. The van der Waals surface area contributed by atoms with Gasteiger partial charge in [-0.05, 0) is 43.9 Å². The lowest BCUT2D eigenvalue weighted by molar-refractivity contribution is -0.132. The lowest BCUT2D eigenvalue weighted by atomic mass is 9.98. The molecule has 1 fully saturated rings. The largest absolute Gasteiger partial charge is 0.334 e. The summed E-state index contributed by atoms with van der Waals surface area (Å²) in [6.45, 7) is 4.58. The van der Waals surface area contributed by atoms with Crippen LogP contribution in [-0.4, -0.2) is 22.3 Å². The van der Waals surface area contributed by atoms with Crippen molar-refractivity contribution in [2.24, 2.45) is 0 Å². The zero-order valence-electron chi connectivity index (χ0n) is 9.94. The summed E-state index contributed by atoms with van der Waals surface area (Å²) in [7, 11) is 0. The molecular formula is C13H18N2O. The molecular weight excluding hydrogens is 200 g/mol. The molecule has 16 heavy (non-hydrogen) atoms. The van der Waals surface area contributed by atoms with Crippen LogP contribution in [0.1, 0.15) is 43.5 Å². The molecule has 0 aromatic carbocycles. The lowest BCUT2D eigenvalue weighted by Gasteiger charge is -2.34. The molecule has 2 rings (SSSR count). The molecule has 1 aromatic rings. The van der Waals surface area contributed by atoms with E-state index in [1.165, 1.54) is 12.0 Å². The number of aromatic nitrogens is 1. The van der Waals surface area contributed by atoms with Crippen LogP contribution >= 0.6 is 0 Å². The average Bonchev–Trinajstić information content (AvgIpc) is 2.29. The van der Waals surface area contributed by atoms with Gasteiger partial charge in [0.05, 0.1) is 11.7 Å². The van der Waals surface area contributed by atoms with Gasteiger partial charge < -0.3 is 4.90 Å². The molecule has 1 atom stereocenters. The molecule has 1 aliphatic rings. The SMILES string of the molecule is CC(=O)N1CCCC[C@@H]1c1cc(C)ccn1. The van der Waals surface area contributed by atoms with E-state index in [4.69, 9.17) is 0 Å². The molecule has 1 amide bonds. The van der Waals surface area contributed by atoms with Gasteiger partial charge in [-0.15, -0.1) is 0 Å². The molecule has 86 valence electrons. The van der Waals surface area contributed by atoms with Crippen LogP contribution in [0.4, 0.5) is 0 Å². The second kappa shape index (κ2) is 4.64. The van der Waals surface area contributed by atoms with Gasteiger partial charge in [0.15, 0.2) is 0 Å². The van der Waals surface area contributed by atoms with Crippen LogP contribution in [0.2, 0.25) is 0 Å². The van der Waals surface area contributed by atoms with E-state index >= 15 is 0 Å². The number of hydrogen-bond donors (Lipinski definition) is 0. The number of rotatable bonds is 1. The van der Waals surface area contributed by atoms with Crippen LogP contribution in [0.25, 0.3) is 0 Å². The maximum Gasteiger partial charge on any atom is 0.220 e. The number of amides is 1. The molecule has 0 radical (unpaired) electrons. The van der Waals surface area contributed by atoms with Gasteiger partial charge in [-0.25, -0.2) is 0 Å². The Labute approximate surface area is 96.5 Å². The first-order valence-corrected chi connectivity index (χ1v) is 5.88. The standard InChI is InChI=1S/C13H18N2O/c1-10-6-7-14-12(9-10)13-5-3-4-8-15(13)11(2)16/h6-7,9,13H,3-5,8H2,1-2H3/t13-/m1/s1. The fourth-order valence-electron chi connectivity index (χ4n) is 2.36. The average molecular weight is 218 g/mol. The summed E-state index contributed by atoms with van der Waals surface area (Å²) in [6.07, 6.45) is 5.17. The third kappa shape index (κ3) is 2.23. The van der Waals surface area contributed by atoms with Gasteiger partial charge in [0.25, 0.3) is 0 Å². The summed E-state index contributed by atoms with van der Waals surface area (Å²) < 4.78 is 0. The number of pyridine rings is 1. The molecule has 0 spiro atoms. The van der Waals surface area contributed by atoms with Crippen molar-refractivity contribution in [1.82, 2.24) is 9.88 Å². The van der Waals surface area contributed by atoms with Crippen LogP contribution in [0.15, 0.2) is 18.3 Å². The van der Waals surface area contributed by atoms with Crippen molar-refractivity contribution in [3.8, 4) is 0 Å². The highest BCUT2D eigenvalue weighted by atomic mass is 16.2. The fourth-order valence-corrected chi connectivity index (χ4v) is 2.36. The Hall–Kier alpha value is -1.38. The Balaban J connectivity index is 2.26. The molecule has 3 heteroatoms. The maximum atomic E-state index is 11.6. The number of hydrogen-bond acceptors (Lipinski definition) is 2. The second-order valence-electron chi connectivity index (χ2n) is 4.48. The Bertz CT molecular complexity index is 389. The van der Waals surface area contributed by atoms with Crippen molar-refractivity contribution < 1.29 is 4.79 Å². The second-order valence-corrected chi connectivity index (χ2v) is 4.48. The highest BCUT2D eigenvalue weighted by Crippen LogP contribution is 2.29. The molecule has 1 saturated heterocycles. The van der Waals surface area contributed by atoms with Crippen molar-refractivity contribution in [2.75, 3.05) is 6.54 Å². The first kappa shape index (κ1) is 11.1. The Kier molecular flexibility index (Phi) is 3.22. The minimum absolute atomic E-state index is 0.160. The van der Waals surface area contributed by atoms with Gasteiger partial charge in [-0.2, -0.15) is 0 Å². The van der Waals surface area contributed by atoms with E-state index in [0.29, 0.717) is 0 Å². The highest BCUT2D eigenvalue weighted by molar-refractivity contribution is 5.73. The monoisotopic (exact) mass is 218 g/mol. The third-order valence-corrected chi connectivity index (χ3v) is 3.19. The molecule has 0 unspecified atom stereocenters. The van der Waals surface area contributed by atoms with Gasteiger partial charge >= 0.3 is 0 Å². The summed E-state index contributed by atoms with van der Waals surface area (Å²) in [4.78, 5) is 17.9. The van der Waals surface area contributed by atoms with E-state index in [2.05, 4.69) is 18.0 Å². The molecule has 0 N–H and O–H groups in total. The number of likely N-dealkylation sites (tertiary alicyclic amines) is 1. The normalized spacial score (nSPS) is 20.9. The van der Waals surface area contributed by atoms with Crippen LogP contribution in [0, 0.1) is 6.92 Å². The zero-order chi connectivity index (χ0) is 11.5. The first-order valence-electron chi connectivity index (χ1n) is 5.88. The van der Waals surface area contributed by atoms with Gasteiger partial charge in [0.2, 0.25) is 5.91 Å². The summed E-state index contributed by atoms with van der Waals surface area (Å²) in [5, 5.41) is 0. The molecule has 0 saturated carbocycles. The number of piperidine rings is 1. The smallest absolute Gasteiger partial charge is 0.220 e. The predicted octanol–water partition coefficient (Wildman–Crippen LogP) is 2.46. The Morgan fingerprint density at radius 1 is 1.50 bits per heavy atom. The summed E-state index contributed by atoms with van der Waals surface area (Å²) in [5.41, 5.74) is 2.24. The van der Waals surface area contributed by atoms with Gasteiger partial charge in [0.1, 0.15) is 0 Å². The topological polar surface area (TPSA) is 33.2 Å². The molecule has 2 heterocycles. The molecule has 0 bridgehead atoms. The van der Waals surface area contributed by atoms with Crippen LogP contribution < -0.4 is 0 Å². The Morgan fingerprint density at radius 3 is 3.00 bits per heavy atom. The first-order chi connectivity index (χ1) is 7.68. The summed E-state index contributed by atoms with van der Waals surface area (Å²) >= 11 is 0. The third-order valence-electron chi connectivity index (χ3n) is 3.19. The van der Waals surface area contributed by atoms with E-state index in [1.807, 2.05) is 17.2 Å². The van der Waals surface area contributed by atoms with Gasteiger partial charge in [-0.3, -0.25) is 9.78 Å². The minimum atomic E-state index is 0.160. The van der Waals surface area contributed by atoms with E-state index in [1.54, 1.807) is 6.92 Å². The fraction of sp³-hybridized carbons (Fsp3) is 0.538. The van der Waals surface area contributed by atoms with Crippen molar-refractivity contribution in [3.63, 3.8) is 0 Å². The zero-order valence-corrected chi connectivity index (χ0v) is 9.94. The predicted molar refractivity (Wildman–Crippen MR) is 63.0 cm³/mol. The van der Waals surface area contributed by atoms with E-state index in [0.717, 1.165) is 25.1 Å². The van der Waals surface area contributed by atoms with Crippen molar-refractivity contribution >= 4 is 5.91 Å². The van der Waals surface area contributed by atoms with Crippen molar-refractivity contribution in [1.29, 1.82) is 0 Å². The van der Waals surface area contributed by atoms with E-state index in [-0.39, 0.29) is 11.9 Å². The van der Waals surface area contributed by atoms with Crippen LogP contribution in [-0.2, 0) is 4.79 Å². The summed E-state index contributed by atoms with van der Waals surface area (Å²) in [5.74, 6) is 0.160. The van der Waals surface area contributed by atoms with Crippen LogP contribution in [0.3, 0.4) is 0 Å². The number of nitrogens with zero attached hydrogens (tertiary/aromatic N) is 2. The minimum Gasteiger partial charge on any atom is -0.334 e. The number of carbonyl (C=O) groups is 1. The number of aryl methyl sites for hydroxylation is 1. The van der Waals surface area contributed by atoms with E-state index in [9.17, 15) is 4.79 Å². The molecule has 0 aliphatic carbocycles. The highest BCUT2D eigenvalue weighted by Gasteiger charge is 2.26. The summed E-state index contributed by atoms with van der Waals surface area (Å²) in [6, 6.07) is 4.27. The van der Waals surface area contributed by atoms with Crippen LogP contribution in [0.5, 0.6) is 0 Å². The Morgan fingerprint density at radius 2 is 2.31 bits per heavy atom. The van der Waals surface area contributed by atoms with Gasteiger partial charge in [0, 0.05) is 19.7 Å². The quantitative estimate of drug-likeness (QED) is 0.725. The van der Waals surface area contributed by atoms with Crippen molar-refractivity contribution in [2.45, 2.75) is 39.2 Å². The molecule has 1 aliphatic heterocycles. The van der Waals surface area contributed by atoms with Crippen molar-refractivity contribution in [3.05, 3.63) is 29.6 Å². The van der Waals surface area contributed by atoms with Gasteiger partial charge in [-0.1, -0.05) is 0 Å². The molecule has 1 aromatic heterocycles. The molecule has 3 nitrogen and oxygen atoms in total. The maximum absolute atomic E-state index is 11.6. The number of carbonyl (C=O) groups excluding carboxylic acids is 1.